The zero-order chi connectivity index (χ0) is 23.4. The van der Waals surface area contributed by atoms with Gasteiger partial charge in [0.2, 0.25) is 0 Å². The highest BCUT2D eigenvalue weighted by atomic mass is 16.1. The summed E-state index contributed by atoms with van der Waals surface area (Å²) in [5, 5.41) is 3.24. The fraction of sp³-hybridized carbons (Fsp3) is 0. The van der Waals surface area contributed by atoms with Gasteiger partial charge in [0.25, 0.3) is 5.56 Å². The molecular weight excluding hydrogens is 432 g/mol. The van der Waals surface area contributed by atoms with Crippen LogP contribution in [0, 0.1) is 0 Å². The van der Waals surface area contributed by atoms with E-state index in [0.29, 0.717) is 28.0 Å². The number of nitrogens with zero attached hydrogens (tertiary/aromatic N) is 4. The number of aromatic nitrogens is 4. The summed E-state index contributed by atoms with van der Waals surface area (Å²) >= 11 is 0. The van der Waals surface area contributed by atoms with Crippen LogP contribution in [0.4, 0.5) is 0 Å². The monoisotopic (exact) mass is 450 g/mol. The molecule has 3 aromatic heterocycles. The average Bonchev–Trinajstić information content (AvgIpc) is 2.93. The highest BCUT2D eigenvalue weighted by molar-refractivity contribution is 6.16. The standard InChI is InChI=1S/C30H18N4O/c35-30-23-17-9-10-18-24(23)31-28-22-16-8-7-15-21(22)25-26(19-11-3-1-4-12-19)32-27(33-29(25)34(28)30)20-13-5-2-6-14-20/h1-18H. The van der Waals surface area contributed by atoms with E-state index in [9.17, 15) is 4.79 Å². The molecule has 0 spiro atoms. The summed E-state index contributed by atoms with van der Waals surface area (Å²) in [6.45, 7) is 0. The van der Waals surface area contributed by atoms with Gasteiger partial charge in [0.15, 0.2) is 11.5 Å². The first-order chi connectivity index (χ1) is 17.3. The SMILES string of the molecule is O=c1c2ccccc2nc2c3ccccc3c3c(-c4ccccc4)nc(-c4ccccc4)nc3n12. The van der Waals surface area contributed by atoms with Crippen molar-refractivity contribution in [2.24, 2.45) is 0 Å². The lowest BCUT2D eigenvalue weighted by molar-refractivity contribution is 1.09. The molecule has 0 fully saturated rings. The lowest BCUT2D eigenvalue weighted by atomic mass is 10.0. The predicted molar refractivity (Wildman–Crippen MR) is 140 cm³/mol. The summed E-state index contributed by atoms with van der Waals surface area (Å²) in [6.07, 6.45) is 0. The highest BCUT2D eigenvalue weighted by Gasteiger charge is 2.20. The van der Waals surface area contributed by atoms with Crippen LogP contribution in [0.1, 0.15) is 0 Å². The Kier molecular flexibility index (Phi) is 4.23. The third-order valence-electron chi connectivity index (χ3n) is 6.39. The van der Waals surface area contributed by atoms with Crippen LogP contribution >= 0.6 is 0 Å². The van der Waals surface area contributed by atoms with Gasteiger partial charge in [0, 0.05) is 16.5 Å². The van der Waals surface area contributed by atoms with E-state index in [2.05, 4.69) is 6.07 Å². The molecule has 0 aliphatic heterocycles. The number of para-hydroxylation sites is 1. The molecule has 7 aromatic rings. The quantitative estimate of drug-likeness (QED) is 0.230. The minimum Gasteiger partial charge on any atom is -0.268 e. The second kappa shape index (κ2) is 7.57. The first-order valence-corrected chi connectivity index (χ1v) is 11.4. The van der Waals surface area contributed by atoms with Gasteiger partial charge in [-0.25, -0.2) is 19.4 Å². The van der Waals surface area contributed by atoms with Gasteiger partial charge in [-0.1, -0.05) is 97.1 Å². The Bertz CT molecular complexity index is 1960. The molecule has 0 atom stereocenters. The fourth-order valence-corrected chi connectivity index (χ4v) is 4.79. The van der Waals surface area contributed by atoms with Crippen LogP contribution in [0.15, 0.2) is 114 Å². The van der Waals surface area contributed by atoms with Gasteiger partial charge in [-0.15, -0.1) is 0 Å². The van der Waals surface area contributed by atoms with E-state index in [1.54, 1.807) is 4.40 Å². The Morgan fingerprint density at radius 3 is 1.86 bits per heavy atom. The number of rotatable bonds is 2. The normalized spacial score (nSPS) is 11.5. The molecule has 0 amide bonds. The molecule has 3 heterocycles. The summed E-state index contributed by atoms with van der Waals surface area (Å²) in [5.41, 5.74) is 4.30. The van der Waals surface area contributed by atoms with Crippen LogP contribution in [0.5, 0.6) is 0 Å². The van der Waals surface area contributed by atoms with E-state index in [0.717, 1.165) is 33.0 Å². The van der Waals surface area contributed by atoms with E-state index >= 15 is 0 Å². The van der Waals surface area contributed by atoms with E-state index in [1.807, 2.05) is 103 Å². The molecule has 5 nitrogen and oxygen atoms in total. The Morgan fingerprint density at radius 1 is 0.514 bits per heavy atom. The van der Waals surface area contributed by atoms with Gasteiger partial charge < -0.3 is 0 Å². The van der Waals surface area contributed by atoms with Crippen molar-refractivity contribution in [3.05, 3.63) is 120 Å². The molecule has 0 aliphatic carbocycles. The number of pyridine rings is 1. The molecule has 0 radical (unpaired) electrons. The second-order valence-corrected chi connectivity index (χ2v) is 8.47. The van der Waals surface area contributed by atoms with Crippen LogP contribution < -0.4 is 5.56 Å². The largest absolute Gasteiger partial charge is 0.268 e. The molecule has 5 heteroatoms. The number of hydrogen-bond acceptors (Lipinski definition) is 4. The van der Waals surface area contributed by atoms with Crippen LogP contribution in [0.25, 0.3) is 61.0 Å². The van der Waals surface area contributed by atoms with Gasteiger partial charge in [-0.2, -0.15) is 0 Å². The van der Waals surface area contributed by atoms with Crippen molar-refractivity contribution in [2.45, 2.75) is 0 Å². The lowest BCUT2D eigenvalue weighted by Crippen LogP contribution is -2.18. The molecular formula is C30H18N4O. The average molecular weight is 451 g/mol. The third kappa shape index (κ3) is 2.95. The van der Waals surface area contributed by atoms with Crippen molar-refractivity contribution in [1.82, 2.24) is 19.4 Å². The second-order valence-electron chi connectivity index (χ2n) is 8.47. The zero-order valence-corrected chi connectivity index (χ0v) is 18.6. The van der Waals surface area contributed by atoms with E-state index in [1.165, 1.54) is 0 Å². The topological polar surface area (TPSA) is 60.2 Å². The molecule has 0 aliphatic rings. The predicted octanol–water partition coefficient (Wildman–Crippen LogP) is 6.28. The van der Waals surface area contributed by atoms with Gasteiger partial charge in [-0.05, 0) is 17.5 Å². The van der Waals surface area contributed by atoms with Crippen LogP contribution in [-0.2, 0) is 0 Å². The van der Waals surface area contributed by atoms with Crippen LogP contribution in [0.3, 0.4) is 0 Å². The summed E-state index contributed by atoms with van der Waals surface area (Å²) in [5.74, 6) is 0.564. The maximum atomic E-state index is 13.9. The van der Waals surface area contributed by atoms with Crippen molar-refractivity contribution in [2.75, 3.05) is 0 Å². The summed E-state index contributed by atoms with van der Waals surface area (Å²) in [4.78, 5) is 28.9. The van der Waals surface area contributed by atoms with Crippen LogP contribution in [-0.4, -0.2) is 19.4 Å². The van der Waals surface area contributed by atoms with Crippen molar-refractivity contribution in [3.63, 3.8) is 0 Å². The minimum atomic E-state index is -0.141. The molecule has 0 saturated heterocycles. The highest BCUT2D eigenvalue weighted by Crippen LogP contribution is 2.35. The molecule has 35 heavy (non-hydrogen) atoms. The van der Waals surface area contributed by atoms with Gasteiger partial charge >= 0.3 is 0 Å². The number of hydrogen-bond donors (Lipinski definition) is 0. The zero-order valence-electron chi connectivity index (χ0n) is 18.6. The van der Waals surface area contributed by atoms with Crippen molar-refractivity contribution < 1.29 is 0 Å². The molecule has 4 aromatic carbocycles. The summed E-state index contributed by atoms with van der Waals surface area (Å²) < 4.78 is 1.65. The number of benzene rings is 4. The Morgan fingerprint density at radius 2 is 1.11 bits per heavy atom. The Balaban J connectivity index is 1.79. The van der Waals surface area contributed by atoms with E-state index in [4.69, 9.17) is 15.0 Å². The molecule has 0 bridgehead atoms. The minimum absolute atomic E-state index is 0.141. The molecule has 0 N–H and O–H groups in total. The smallest absolute Gasteiger partial charge is 0.267 e. The first kappa shape index (κ1) is 19.6. The maximum Gasteiger partial charge on any atom is 0.267 e. The van der Waals surface area contributed by atoms with Gasteiger partial charge in [0.1, 0.15) is 5.65 Å². The fourth-order valence-electron chi connectivity index (χ4n) is 4.79. The van der Waals surface area contributed by atoms with Crippen LogP contribution in [0.2, 0.25) is 0 Å². The molecule has 0 unspecified atom stereocenters. The van der Waals surface area contributed by atoms with Crippen molar-refractivity contribution in [1.29, 1.82) is 0 Å². The summed E-state index contributed by atoms with van der Waals surface area (Å²) in [7, 11) is 0. The third-order valence-corrected chi connectivity index (χ3v) is 6.39. The van der Waals surface area contributed by atoms with Gasteiger partial charge in [0.05, 0.1) is 22.0 Å². The molecule has 7 rings (SSSR count). The molecule has 164 valence electrons. The Hall–Kier alpha value is -4.90. The van der Waals surface area contributed by atoms with Gasteiger partial charge in [-0.3, -0.25) is 4.79 Å². The summed E-state index contributed by atoms with van der Waals surface area (Å²) in [6, 6.07) is 35.4. The lowest BCUT2D eigenvalue weighted by Gasteiger charge is -2.15. The maximum absolute atomic E-state index is 13.9. The van der Waals surface area contributed by atoms with E-state index < -0.39 is 0 Å². The van der Waals surface area contributed by atoms with Crippen molar-refractivity contribution in [3.8, 4) is 22.6 Å². The molecule has 0 saturated carbocycles. The Labute approximate surface area is 200 Å². The number of fused-ring (bicyclic) bond motifs is 7. The van der Waals surface area contributed by atoms with Crippen molar-refractivity contribution >= 4 is 38.4 Å². The first-order valence-electron chi connectivity index (χ1n) is 11.4. The van der Waals surface area contributed by atoms with E-state index in [-0.39, 0.29) is 5.56 Å².